The fourth-order valence-electron chi connectivity index (χ4n) is 2.50. The summed E-state index contributed by atoms with van der Waals surface area (Å²) in [7, 11) is 0. The van der Waals surface area contributed by atoms with Crippen molar-refractivity contribution in [3.05, 3.63) is 65.2 Å². The Labute approximate surface area is 152 Å². The lowest BCUT2D eigenvalue weighted by Gasteiger charge is -2.23. The van der Waals surface area contributed by atoms with E-state index in [1.807, 2.05) is 36.4 Å². The molecule has 1 aliphatic heterocycles. The molecule has 2 aromatic rings. The number of amides is 1. The molecule has 1 atom stereocenters. The highest BCUT2D eigenvalue weighted by Gasteiger charge is 2.14. The highest BCUT2D eigenvalue weighted by atomic mass is 35.5. The van der Waals surface area contributed by atoms with Gasteiger partial charge in [0.25, 0.3) is 0 Å². The third-order valence-electron chi connectivity index (χ3n) is 3.82. The van der Waals surface area contributed by atoms with Gasteiger partial charge < -0.3 is 14.8 Å². The summed E-state index contributed by atoms with van der Waals surface area (Å²) in [5.41, 5.74) is 1.62. The molecule has 0 spiro atoms. The molecular weight excluding hydrogens is 338 g/mol. The van der Waals surface area contributed by atoms with Gasteiger partial charge in [0.1, 0.15) is 5.75 Å². The molecule has 1 N–H and O–H groups in total. The number of halogens is 1. The van der Waals surface area contributed by atoms with Gasteiger partial charge >= 0.3 is 0 Å². The highest BCUT2D eigenvalue weighted by molar-refractivity contribution is 6.30. The van der Waals surface area contributed by atoms with E-state index in [0.717, 1.165) is 37.2 Å². The first kappa shape index (κ1) is 17.5. The first-order chi connectivity index (χ1) is 12.2. The Kier molecular flexibility index (Phi) is 6.09. The Hall–Kier alpha value is -2.30. The van der Waals surface area contributed by atoms with Crippen LogP contribution in [0.2, 0.25) is 5.02 Å². The number of anilines is 1. The van der Waals surface area contributed by atoms with E-state index in [4.69, 9.17) is 21.1 Å². The van der Waals surface area contributed by atoms with Gasteiger partial charge in [-0.05, 0) is 60.9 Å². The molecule has 1 saturated heterocycles. The standard InChI is InChI=1S/C20H20ClNO3/c21-16-7-4-15(5-8-16)6-13-19(23)22-17-9-11-18(12-10-17)25-20-3-1-2-14-24-20/h4-13,20H,1-3,14H2,(H,22,23)/b13-6+. The molecular formula is C20H20ClNO3. The molecule has 2 aromatic carbocycles. The van der Waals surface area contributed by atoms with E-state index in [2.05, 4.69) is 5.32 Å². The van der Waals surface area contributed by atoms with E-state index in [0.29, 0.717) is 10.7 Å². The van der Waals surface area contributed by atoms with Gasteiger partial charge in [-0.15, -0.1) is 0 Å². The molecule has 1 unspecified atom stereocenters. The van der Waals surface area contributed by atoms with Gasteiger partial charge in [0.15, 0.2) is 6.29 Å². The maximum atomic E-state index is 12.0. The normalized spacial score (nSPS) is 17.4. The smallest absolute Gasteiger partial charge is 0.248 e. The Balaban J connectivity index is 1.51. The summed E-state index contributed by atoms with van der Waals surface area (Å²) in [5, 5.41) is 3.48. The second-order valence-corrected chi connectivity index (χ2v) is 6.25. The summed E-state index contributed by atoms with van der Waals surface area (Å²) in [5.74, 6) is 0.542. The zero-order chi connectivity index (χ0) is 17.5. The topological polar surface area (TPSA) is 47.6 Å². The van der Waals surface area contributed by atoms with E-state index in [1.54, 1.807) is 18.2 Å². The number of carbonyl (C=O) groups is 1. The lowest BCUT2D eigenvalue weighted by molar-refractivity contribution is -0.111. The summed E-state index contributed by atoms with van der Waals surface area (Å²) < 4.78 is 11.3. The third-order valence-corrected chi connectivity index (χ3v) is 4.08. The maximum absolute atomic E-state index is 12.0. The molecule has 25 heavy (non-hydrogen) atoms. The highest BCUT2D eigenvalue weighted by Crippen LogP contribution is 2.21. The lowest BCUT2D eigenvalue weighted by Crippen LogP contribution is -2.24. The number of nitrogens with one attached hydrogen (secondary N) is 1. The van der Waals surface area contributed by atoms with Gasteiger partial charge in [0.2, 0.25) is 5.91 Å². The number of ether oxygens (including phenoxy) is 2. The van der Waals surface area contributed by atoms with Crippen LogP contribution in [0.15, 0.2) is 54.6 Å². The van der Waals surface area contributed by atoms with Crippen LogP contribution in [-0.4, -0.2) is 18.8 Å². The van der Waals surface area contributed by atoms with Gasteiger partial charge in [-0.1, -0.05) is 23.7 Å². The molecule has 130 valence electrons. The molecule has 0 saturated carbocycles. The minimum Gasteiger partial charge on any atom is -0.465 e. The van der Waals surface area contributed by atoms with Crippen molar-refractivity contribution in [1.29, 1.82) is 0 Å². The summed E-state index contributed by atoms with van der Waals surface area (Å²) in [6.07, 6.45) is 6.19. The first-order valence-corrected chi connectivity index (χ1v) is 8.70. The number of rotatable bonds is 5. The number of carbonyl (C=O) groups excluding carboxylic acids is 1. The van der Waals surface area contributed by atoms with Crippen LogP contribution in [0.1, 0.15) is 24.8 Å². The molecule has 5 heteroatoms. The number of hydrogen-bond acceptors (Lipinski definition) is 3. The van der Waals surface area contributed by atoms with Crippen LogP contribution < -0.4 is 10.1 Å². The molecule has 3 rings (SSSR count). The van der Waals surface area contributed by atoms with E-state index in [9.17, 15) is 4.79 Å². The fraction of sp³-hybridized carbons (Fsp3) is 0.250. The van der Waals surface area contributed by atoms with Crippen molar-refractivity contribution in [3.8, 4) is 5.75 Å². The van der Waals surface area contributed by atoms with E-state index < -0.39 is 0 Å². The van der Waals surface area contributed by atoms with Crippen molar-refractivity contribution in [1.82, 2.24) is 0 Å². The van der Waals surface area contributed by atoms with Crippen LogP contribution >= 0.6 is 11.6 Å². The summed E-state index contributed by atoms with van der Waals surface area (Å²) in [6, 6.07) is 14.6. The zero-order valence-electron chi connectivity index (χ0n) is 13.8. The summed E-state index contributed by atoms with van der Waals surface area (Å²) in [4.78, 5) is 12.0. The molecule has 0 aliphatic carbocycles. The first-order valence-electron chi connectivity index (χ1n) is 8.32. The third kappa shape index (κ3) is 5.62. The average molecular weight is 358 g/mol. The Bertz CT molecular complexity index is 720. The van der Waals surface area contributed by atoms with Gasteiger partial charge in [-0.25, -0.2) is 0 Å². The number of benzene rings is 2. The largest absolute Gasteiger partial charge is 0.465 e. The van der Waals surface area contributed by atoms with Crippen molar-refractivity contribution < 1.29 is 14.3 Å². The molecule has 1 fully saturated rings. The molecule has 0 radical (unpaired) electrons. The van der Waals surface area contributed by atoms with Crippen molar-refractivity contribution in [3.63, 3.8) is 0 Å². The van der Waals surface area contributed by atoms with Crippen molar-refractivity contribution in [2.24, 2.45) is 0 Å². The van der Waals surface area contributed by atoms with Crippen LogP contribution in [0.4, 0.5) is 5.69 Å². The summed E-state index contributed by atoms with van der Waals surface area (Å²) in [6.45, 7) is 0.749. The van der Waals surface area contributed by atoms with Gasteiger partial charge in [0.05, 0.1) is 6.61 Å². The molecule has 1 amide bonds. The second-order valence-electron chi connectivity index (χ2n) is 5.81. The van der Waals surface area contributed by atoms with Crippen LogP contribution in [0.5, 0.6) is 5.75 Å². The predicted molar refractivity (Wildman–Crippen MR) is 99.8 cm³/mol. The fourth-order valence-corrected chi connectivity index (χ4v) is 2.63. The molecule has 1 heterocycles. The minimum absolute atomic E-state index is 0.170. The maximum Gasteiger partial charge on any atom is 0.248 e. The van der Waals surface area contributed by atoms with Crippen molar-refractivity contribution in [2.45, 2.75) is 25.6 Å². The Morgan fingerprint density at radius 3 is 2.56 bits per heavy atom. The summed E-state index contributed by atoms with van der Waals surface area (Å²) >= 11 is 5.83. The van der Waals surface area contributed by atoms with Crippen LogP contribution in [0, 0.1) is 0 Å². The Morgan fingerprint density at radius 1 is 1.12 bits per heavy atom. The molecule has 0 aromatic heterocycles. The monoisotopic (exact) mass is 357 g/mol. The van der Waals surface area contributed by atoms with E-state index in [1.165, 1.54) is 6.08 Å². The predicted octanol–water partition coefficient (Wildman–Crippen LogP) is 4.90. The second kappa shape index (κ2) is 8.70. The van der Waals surface area contributed by atoms with Crippen molar-refractivity contribution in [2.75, 3.05) is 11.9 Å². The molecule has 0 bridgehead atoms. The molecule has 1 aliphatic rings. The van der Waals surface area contributed by atoms with Gasteiger partial charge in [-0.3, -0.25) is 4.79 Å². The van der Waals surface area contributed by atoms with Gasteiger partial charge in [0, 0.05) is 23.2 Å². The van der Waals surface area contributed by atoms with Crippen LogP contribution in [0.25, 0.3) is 6.08 Å². The molecule has 4 nitrogen and oxygen atoms in total. The lowest BCUT2D eigenvalue weighted by atomic mass is 10.2. The van der Waals surface area contributed by atoms with Crippen molar-refractivity contribution >= 4 is 29.3 Å². The minimum atomic E-state index is -0.195. The SMILES string of the molecule is O=C(/C=C/c1ccc(Cl)cc1)Nc1ccc(OC2CCCCO2)cc1. The van der Waals surface area contributed by atoms with Gasteiger partial charge in [-0.2, -0.15) is 0 Å². The van der Waals surface area contributed by atoms with E-state index >= 15 is 0 Å². The van der Waals surface area contributed by atoms with Crippen LogP contribution in [0.3, 0.4) is 0 Å². The zero-order valence-corrected chi connectivity index (χ0v) is 14.5. The van der Waals surface area contributed by atoms with E-state index in [-0.39, 0.29) is 12.2 Å². The number of hydrogen-bond donors (Lipinski definition) is 1. The van der Waals surface area contributed by atoms with Crippen LogP contribution in [-0.2, 0) is 9.53 Å². The average Bonchev–Trinajstić information content (AvgIpc) is 2.64. The quantitative estimate of drug-likeness (QED) is 0.774. The Morgan fingerprint density at radius 2 is 1.88 bits per heavy atom.